The van der Waals surface area contributed by atoms with E-state index in [1.165, 1.54) is 34.8 Å². The number of benzene rings is 1. The Bertz CT molecular complexity index is 1200. The molecule has 0 aliphatic heterocycles. The van der Waals surface area contributed by atoms with Gasteiger partial charge in [-0.25, -0.2) is 9.48 Å². The van der Waals surface area contributed by atoms with E-state index < -0.39 is 17.6 Å². The number of aromatic nitrogens is 4. The number of ether oxygens (including phenoxy) is 2. The van der Waals surface area contributed by atoms with Gasteiger partial charge in [-0.3, -0.25) is 9.36 Å². The highest BCUT2D eigenvalue weighted by Gasteiger charge is 2.27. The zero-order chi connectivity index (χ0) is 23.6. The maximum absolute atomic E-state index is 13.1. The number of carbonyl (C=O) groups excluding carboxylic acids is 1. The standard InChI is InChI=1S/C22H24Cl2N4O4/c1-6-16(21(30)32-22(2,3)4)27-11-18(31-5)15(10-20(27)29)14-9-13(23)7-8-17(14)28-12-19(24)25-26-28/h7-12,16H,6H2,1-5H3. The van der Waals surface area contributed by atoms with Gasteiger partial charge in [-0.1, -0.05) is 35.3 Å². The fraction of sp³-hybridized carbons (Fsp3) is 0.364. The molecule has 8 nitrogen and oxygen atoms in total. The van der Waals surface area contributed by atoms with Gasteiger partial charge in [-0.2, -0.15) is 0 Å². The molecule has 0 radical (unpaired) electrons. The predicted molar refractivity (Wildman–Crippen MR) is 123 cm³/mol. The van der Waals surface area contributed by atoms with Crippen LogP contribution in [-0.4, -0.2) is 38.2 Å². The van der Waals surface area contributed by atoms with Crippen molar-refractivity contribution in [2.45, 2.75) is 45.8 Å². The number of methoxy groups -OCH3 is 1. The Labute approximate surface area is 195 Å². The monoisotopic (exact) mass is 478 g/mol. The minimum absolute atomic E-state index is 0.219. The minimum atomic E-state index is -0.794. The van der Waals surface area contributed by atoms with E-state index in [0.717, 1.165) is 0 Å². The molecule has 0 bridgehead atoms. The zero-order valence-corrected chi connectivity index (χ0v) is 19.9. The Kier molecular flexibility index (Phi) is 6.95. The third kappa shape index (κ3) is 5.14. The van der Waals surface area contributed by atoms with Crippen molar-refractivity contribution in [3.05, 3.63) is 57.2 Å². The van der Waals surface area contributed by atoms with Gasteiger partial charge in [0.15, 0.2) is 5.15 Å². The topological polar surface area (TPSA) is 88.2 Å². The maximum atomic E-state index is 13.1. The summed E-state index contributed by atoms with van der Waals surface area (Å²) in [5.74, 6) is -0.112. The lowest BCUT2D eigenvalue weighted by Gasteiger charge is -2.25. The fourth-order valence-electron chi connectivity index (χ4n) is 3.28. The Hall–Kier alpha value is -2.84. The molecule has 0 saturated heterocycles. The number of pyridine rings is 1. The summed E-state index contributed by atoms with van der Waals surface area (Å²) in [6, 6.07) is 5.74. The largest absolute Gasteiger partial charge is 0.495 e. The van der Waals surface area contributed by atoms with Crippen LogP contribution in [0.1, 0.15) is 40.2 Å². The molecule has 0 aliphatic carbocycles. The van der Waals surface area contributed by atoms with Crippen LogP contribution in [0.4, 0.5) is 0 Å². The predicted octanol–water partition coefficient (Wildman–Crippen LogP) is 4.70. The molecule has 2 aromatic heterocycles. The van der Waals surface area contributed by atoms with Gasteiger partial charge in [0.05, 0.1) is 25.2 Å². The molecule has 0 fully saturated rings. The van der Waals surface area contributed by atoms with Crippen molar-refractivity contribution >= 4 is 29.2 Å². The van der Waals surface area contributed by atoms with Crippen LogP contribution in [0.3, 0.4) is 0 Å². The molecule has 1 aromatic carbocycles. The molecule has 0 saturated carbocycles. The fourth-order valence-corrected chi connectivity index (χ4v) is 3.58. The van der Waals surface area contributed by atoms with Crippen molar-refractivity contribution in [2.24, 2.45) is 0 Å². The Balaban J connectivity index is 2.15. The third-order valence-electron chi connectivity index (χ3n) is 4.63. The van der Waals surface area contributed by atoms with Gasteiger partial charge in [0, 0.05) is 22.2 Å². The second kappa shape index (κ2) is 9.34. The van der Waals surface area contributed by atoms with E-state index in [2.05, 4.69) is 10.3 Å². The Morgan fingerprint density at radius 3 is 2.44 bits per heavy atom. The molecule has 3 rings (SSSR count). The van der Waals surface area contributed by atoms with Crippen molar-refractivity contribution in [1.29, 1.82) is 0 Å². The summed E-state index contributed by atoms with van der Waals surface area (Å²) in [6.07, 6.45) is 3.42. The number of halogens is 2. The van der Waals surface area contributed by atoms with Gasteiger partial charge in [0.2, 0.25) is 0 Å². The second-order valence-electron chi connectivity index (χ2n) is 8.11. The average molecular weight is 479 g/mol. The molecule has 170 valence electrons. The third-order valence-corrected chi connectivity index (χ3v) is 5.03. The van der Waals surface area contributed by atoms with Crippen LogP contribution >= 0.6 is 23.2 Å². The maximum Gasteiger partial charge on any atom is 0.329 e. The van der Waals surface area contributed by atoms with Gasteiger partial charge in [-0.15, -0.1) is 5.10 Å². The zero-order valence-electron chi connectivity index (χ0n) is 18.4. The molecule has 0 N–H and O–H groups in total. The summed E-state index contributed by atoms with van der Waals surface area (Å²) in [4.78, 5) is 25.8. The molecule has 10 heteroatoms. The average Bonchev–Trinajstić information content (AvgIpc) is 3.14. The van der Waals surface area contributed by atoms with E-state index >= 15 is 0 Å². The van der Waals surface area contributed by atoms with Crippen molar-refractivity contribution in [1.82, 2.24) is 19.6 Å². The van der Waals surface area contributed by atoms with Crippen LogP contribution in [0, 0.1) is 0 Å². The summed E-state index contributed by atoms with van der Waals surface area (Å²) in [6.45, 7) is 7.15. The second-order valence-corrected chi connectivity index (χ2v) is 8.93. The van der Waals surface area contributed by atoms with Crippen molar-refractivity contribution in [2.75, 3.05) is 7.11 Å². The van der Waals surface area contributed by atoms with E-state index in [0.29, 0.717) is 34.0 Å². The van der Waals surface area contributed by atoms with E-state index in [-0.39, 0.29) is 10.7 Å². The van der Waals surface area contributed by atoms with Crippen LogP contribution in [0.2, 0.25) is 10.2 Å². The number of rotatable bonds is 6. The summed E-state index contributed by atoms with van der Waals surface area (Å²) in [5, 5.41) is 8.49. The smallest absolute Gasteiger partial charge is 0.329 e. The minimum Gasteiger partial charge on any atom is -0.495 e. The number of hydrogen-bond acceptors (Lipinski definition) is 6. The van der Waals surface area contributed by atoms with Crippen LogP contribution in [-0.2, 0) is 9.53 Å². The van der Waals surface area contributed by atoms with E-state index in [4.69, 9.17) is 32.7 Å². The molecule has 3 aromatic rings. The summed E-state index contributed by atoms with van der Waals surface area (Å²) >= 11 is 12.2. The first kappa shape index (κ1) is 23.8. The molecular weight excluding hydrogens is 455 g/mol. The van der Waals surface area contributed by atoms with Crippen molar-refractivity contribution in [3.8, 4) is 22.6 Å². The summed E-state index contributed by atoms with van der Waals surface area (Å²) < 4.78 is 13.9. The summed E-state index contributed by atoms with van der Waals surface area (Å²) in [5.41, 5.74) is 0.610. The quantitative estimate of drug-likeness (QED) is 0.476. The van der Waals surface area contributed by atoms with Crippen LogP contribution < -0.4 is 10.3 Å². The van der Waals surface area contributed by atoms with Crippen LogP contribution in [0.15, 0.2) is 41.5 Å². The normalized spacial score (nSPS) is 12.5. The summed E-state index contributed by atoms with van der Waals surface area (Å²) in [7, 11) is 1.48. The lowest BCUT2D eigenvalue weighted by Crippen LogP contribution is -2.34. The molecule has 0 aliphatic rings. The van der Waals surface area contributed by atoms with Gasteiger partial charge < -0.3 is 9.47 Å². The number of hydrogen-bond donors (Lipinski definition) is 0. The first-order valence-electron chi connectivity index (χ1n) is 9.95. The molecule has 2 heterocycles. The Morgan fingerprint density at radius 2 is 1.88 bits per heavy atom. The number of nitrogens with zero attached hydrogens (tertiary/aromatic N) is 4. The molecular formula is C22H24Cl2N4O4. The van der Waals surface area contributed by atoms with E-state index in [1.807, 2.05) is 6.92 Å². The van der Waals surface area contributed by atoms with Crippen molar-refractivity contribution < 1.29 is 14.3 Å². The first-order valence-corrected chi connectivity index (χ1v) is 10.7. The Morgan fingerprint density at radius 1 is 1.16 bits per heavy atom. The van der Waals surface area contributed by atoms with Crippen LogP contribution in [0.25, 0.3) is 16.8 Å². The molecule has 32 heavy (non-hydrogen) atoms. The van der Waals surface area contributed by atoms with E-state index in [1.54, 1.807) is 39.0 Å². The highest BCUT2D eigenvalue weighted by molar-refractivity contribution is 6.31. The SMILES string of the molecule is CCC(C(=O)OC(C)(C)C)n1cc(OC)c(-c2cc(Cl)ccc2-n2cc(Cl)nn2)cc1=O. The van der Waals surface area contributed by atoms with Crippen molar-refractivity contribution in [3.63, 3.8) is 0 Å². The van der Waals surface area contributed by atoms with Gasteiger partial charge >= 0.3 is 5.97 Å². The molecule has 0 spiro atoms. The number of esters is 1. The first-order chi connectivity index (χ1) is 15.0. The highest BCUT2D eigenvalue weighted by atomic mass is 35.5. The van der Waals surface area contributed by atoms with Gasteiger partial charge in [-0.05, 0) is 45.4 Å². The lowest BCUT2D eigenvalue weighted by atomic mass is 10.0. The van der Waals surface area contributed by atoms with Gasteiger partial charge in [0.1, 0.15) is 17.4 Å². The molecule has 1 unspecified atom stereocenters. The highest BCUT2D eigenvalue weighted by Crippen LogP contribution is 2.35. The molecule has 0 amide bonds. The lowest BCUT2D eigenvalue weighted by molar-refractivity contribution is -0.159. The molecule has 1 atom stereocenters. The number of carbonyl (C=O) groups is 1. The van der Waals surface area contributed by atoms with E-state index in [9.17, 15) is 9.59 Å². The van der Waals surface area contributed by atoms with Crippen LogP contribution in [0.5, 0.6) is 5.75 Å². The van der Waals surface area contributed by atoms with Gasteiger partial charge in [0.25, 0.3) is 5.56 Å².